The van der Waals surface area contributed by atoms with Crippen molar-refractivity contribution < 1.29 is 0 Å². The van der Waals surface area contributed by atoms with Gasteiger partial charge in [-0.2, -0.15) is 0 Å². The van der Waals surface area contributed by atoms with Crippen LogP contribution in [0.2, 0.25) is 0 Å². The standard InChI is InChI=1S/C15H29N5S/c1-6-16-14(18-9-10-20-15(3,4)5)17-8-7-13-19-11-12(2)21-13/h11,20H,6-10H2,1-5H3,(H2,16,17,18). The van der Waals surface area contributed by atoms with Crippen LogP contribution in [0.3, 0.4) is 0 Å². The number of aliphatic imine (C=N–C) groups is 1. The molecule has 0 saturated heterocycles. The van der Waals surface area contributed by atoms with Gasteiger partial charge in [-0.1, -0.05) is 0 Å². The van der Waals surface area contributed by atoms with Crippen LogP contribution < -0.4 is 16.0 Å². The minimum Gasteiger partial charge on any atom is -0.357 e. The van der Waals surface area contributed by atoms with Crippen molar-refractivity contribution in [3.8, 4) is 0 Å². The van der Waals surface area contributed by atoms with Crippen molar-refractivity contribution in [1.82, 2.24) is 20.9 Å². The Morgan fingerprint density at radius 1 is 1.29 bits per heavy atom. The van der Waals surface area contributed by atoms with Crippen molar-refractivity contribution in [3.05, 3.63) is 16.1 Å². The summed E-state index contributed by atoms with van der Waals surface area (Å²) in [6.45, 7) is 14.0. The van der Waals surface area contributed by atoms with Gasteiger partial charge in [0.1, 0.15) is 0 Å². The van der Waals surface area contributed by atoms with Gasteiger partial charge in [0, 0.05) is 42.7 Å². The van der Waals surface area contributed by atoms with Gasteiger partial charge in [-0.25, -0.2) is 4.98 Å². The molecule has 0 bridgehead atoms. The molecule has 1 aromatic heterocycles. The lowest BCUT2D eigenvalue weighted by Gasteiger charge is -2.19. The van der Waals surface area contributed by atoms with E-state index in [1.165, 1.54) is 9.88 Å². The largest absolute Gasteiger partial charge is 0.357 e. The first kappa shape index (κ1) is 17.9. The van der Waals surface area contributed by atoms with Crippen LogP contribution in [0.1, 0.15) is 37.6 Å². The van der Waals surface area contributed by atoms with Crippen molar-refractivity contribution in [1.29, 1.82) is 0 Å². The van der Waals surface area contributed by atoms with E-state index >= 15 is 0 Å². The molecular weight excluding hydrogens is 282 g/mol. The average Bonchev–Trinajstić information content (AvgIpc) is 2.79. The molecule has 0 aromatic carbocycles. The molecule has 0 aliphatic carbocycles. The third-order valence-electron chi connectivity index (χ3n) is 2.68. The highest BCUT2D eigenvalue weighted by atomic mass is 32.1. The summed E-state index contributed by atoms with van der Waals surface area (Å²) in [5, 5.41) is 11.2. The number of guanidine groups is 1. The fraction of sp³-hybridized carbons (Fsp3) is 0.733. The van der Waals surface area contributed by atoms with Gasteiger partial charge >= 0.3 is 0 Å². The van der Waals surface area contributed by atoms with Crippen LogP contribution in [0.15, 0.2) is 11.2 Å². The summed E-state index contributed by atoms with van der Waals surface area (Å²) >= 11 is 1.76. The van der Waals surface area contributed by atoms with E-state index in [1.54, 1.807) is 11.3 Å². The molecule has 0 spiro atoms. The minimum absolute atomic E-state index is 0.143. The van der Waals surface area contributed by atoms with Crippen molar-refractivity contribution in [2.75, 3.05) is 26.2 Å². The number of thiazole rings is 1. The molecule has 0 radical (unpaired) electrons. The van der Waals surface area contributed by atoms with E-state index in [0.29, 0.717) is 0 Å². The van der Waals surface area contributed by atoms with Crippen LogP contribution in [0.5, 0.6) is 0 Å². The normalized spacial score (nSPS) is 12.5. The molecule has 6 heteroatoms. The van der Waals surface area contributed by atoms with Crippen molar-refractivity contribution in [2.45, 2.75) is 46.6 Å². The Labute approximate surface area is 132 Å². The highest BCUT2D eigenvalue weighted by molar-refractivity contribution is 7.11. The number of hydrogen-bond acceptors (Lipinski definition) is 4. The number of nitrogens with zero attached hydrogens (tertiary/aromatic N) is 2. The lowest BCUT2D eigenvalue weighted by molar-refractivity contribution is 0.432. The summed E-state index contributed by atoms with van der Waals surface area (Å²) in [6, 6.07) is 0. The Bertz CT molecular complexity index is 434. The lowest BCUT2D eigenvalue weighted by atomic mass is 10.1. The maximum absolute atomic E-state index is 4.57. The predicted octanol–water partition coefficient (Wildman–Crippen LogP) is 1.94. The Morgan fingerprint density at radius 2 is 2.05 bits per heavy atom. The van der Waals surface area contributed by atoms with Gasteiger partial charge < -0.3 is 16.0 Å². The molecule has 1 heterocycles. The molecule has 5 nitrogen and oxygen atoms in total. The maximum atomic E-state index is 4.57. The van der Waals surface area contributed by atoms with Gasteiger partial charge in [-0.3, -0.25) is 4.99 Å². The smallest absolute Gasteiger partial charge is 0.191 e. The first-order valence-corrected chi connectivity index (χ1v) is 8.41. The summed E-state index contributed by atoms with van der Waals surface area (Å²) in [5.41, 5.74) is 0.143. The van der Waals surface area contributed by atoms with E-state index in [2.05, 4.69) is 60.5 Å². The molecule has 1 aromatic rings. The van der Waals surface area contributed by atoms with Gasteiger partial charge in [0.05, 0.1) is 11.6 Å². The lowest BCUT2D eigenvalue weighted by Crippen LogP contribution is -2.40. The third-order valence-corrected chi connectivity index (χ3v) is 3.65. The molecule has 3 N–H and O–H groups in total. The monoisotopic (exact) mass is 311 g/mol. The fourth-order valence-electron chi connectivity index (χ4n) is 1.75. The Balaban J connectivity index is 2.31. The summed E-state index contributed by atoms with van der Waals surface area (Å²) in [6.07, 6.45) is 2.86. The molecule has 0 aliphatic heterocycles. The van der Waals surface area contributed by atoms with Gasteiger partial charge in [0.25, 0.3) is 0 Å². The minimum atomic E-state index is 0.143. The number of aromatic nitrogens is 1. The molecule has 0 saturated carbocycles. The quantitative estimate of drug-likeness (QED) is 0.409. The van der Waals surface area contributed by atoms with Gasteiger partial charge in [-0.05, 0) is 34.6 Å². The number of rotatable bonds is 7. The second kappa shape index (κ2) is 9.00. The predicted molar refractivity (Wildman–Crippen MR) is 92.3 cm³/mol. The summed E-state index contributed by atoms with van der Waals surface area (Å²) in [5.74, 6) is 0.876. The van der Waals surface area contributed by atoms with Crippen LogP contribution in [-0.4, -0.2) is 42.7 Å². The maximum Gasteiger partial charge on any atom is 0.191 e. The molecule has 21 heavy (non-hydrogen) atoms. The number of nitrogens with one attached hydrogen (secondary N) is 3. The van der Waals surface area contributed by atoms with Crippen LogP contribution in [0, 0.1) is 6.92 Å². The Kier molecular flexibility index (Phi) is 7.67. The van der Waals surface area contributed by atoms with Crippen molar-refractivity contribution >= 4 is 17.3 Å². The second-order valence-electron chi connectivity index (χ2n) is 5.98. The average molecular weight is 311 g/mol. The molecule has 0 amide bonds. The van der Waals surface area contributed by atoms with Crippen LogP contribution in [0.25, 0.3) is 0 Å². The molecular formula is C15H29N5S. The molecule has 0 unspecified atom stereocenters. The zero-order valence-electron chi connectivity index (χ0n) is 13.9. The SMILES string of the molecule is CCNC(=NCCNC(C)(C)C)NCCc1ncc(C)s1. The molecule has 120 valence electrons. The molecule has 0 aliphatic rings. The van der Waals surface area contributed by atoms with E-state index in [1.807, 2.05) is 6.20 Å². The zero-order valence-corrected chi connectivity index (χ0v) is 14.7. The van der Waals surface area contributed by atoms with E-state index in [4.69, 9.17) is 0 Å². The van der Waals surface area contributed by atoms with Crippen molar-refractivity contribution in [3.63, 3.8) is 0 Å². The van der Waals surface area contributed by atoms with Gasteiger partial charge in [-0.15, -0.1) is 11.3 Å². The number of aryl methyl sites for hydroxylation is 1. The van der Waals surface area contributed by atoms with Gasteiger partial charge in [0.15, 0.2) is 5.96 Å². The molecule has 0 fully saturated rings. The molecule has 1 rings (SSSR count). The van der Waals surface area contributed by atoms with E-state index < -0.39 is 0 Å². The highest BCUT2D eigenvalue weighted by Gasteiger charge is 2.07. The third kappa shape index (κ3) is 8.67. The number of hydrogen-bond donors (Lipinski definition) is 3. The first-order valence-electron chi connectivity index (χ1n) is 7.59. The van der Waals surface area contributed by atoms with E-state index in [9.17, 15) is 0 Å². The van der Waals surface area contributed by atoms with E-state index in [-0.39, 0.29) is 5.54 Å². The van der Waals surface area contributed by atoms with Crippen LogP contribution in [0.4, 0.5) is 0 Å². The summed E-state index contributed by atoms with van der Waals surface area (Å²) in [4.78, 5) is 10.2. The zero-order chi connectivity index (χ0) is 15.7. The Hall–Kier alpha value is -1.14. The first-order chi connectivity index (χ1) is 9.90. The fourth-order valence-corrected chi connectivity index (χ4v) is 2.53. The summed E-state index contributed by atoms with van der Waals surface area (Å²) in [7, 11) is 0. The summed E-state index contributed by atoms with van der Waals surface area (Å²) < 4.78 is 0. The van der Waals surface area contributed by atoms with Crippen molar-refractivity contribution in [2.24, 2.45) is 4.99 Å². The molecule has 0 atom stereocenters. The van der Waals surface area contributed by atoms with Gasteiger partial charge in [0.2, 0.25) is 0 Å². The van der Waals surface area contributed by atoms with Crippen LogP contribution in [-0.2, 0) is 6.42 Å². The highest BCUT2D eigenvalue weighted by Crippen LogP contribution is 2.10. The Morgan fingerprint density at radius 3 is 2.62 bits per heavy atom. The topological polar surface area (TPSA) is 61.3 Å². The van der Waals surface area contributed by atoms with Crippen LogP contribution >= 0.6 is 11.3 Å². The second-order valence-corrected chi connectivity index (χ2v) is 7.30. The van der Waals surface area contributed by atoms with E-state index in [0.717, 1.165) is 38.6 Å².